The van der Waals surface area contributed by atoms with E-state index in [0.717, 1.165) is 21.9 Å². The van der Waals surface area contributed by atoms with E-state index in [0.29, 0.717) is 5.69 Å². The van der Waals surface area contributed by atoms with Crippen LogP contribution in [0.3, 0.4) is 0 Å². The highest BCUT2D eigenvalue weighted by atomic mass is 32.2. The minimum Gasteiger partial charge on any atom is -0.343 e. The Labute approximate surface area is 177 Å². The Kier molecular flexibility index (Phi) is 6.91. The largest absolute Gasteiger partial charge is 0.343 e. The summed E-state index contributed by atoms with van der Waals surface area (Å²) in [4.78, 5) is 25.9. The van der Waals surface area contributed by atoms with Crippen LogP contribution in [0, 0.1) is 0 Å². The number of rotatable bonds is 6. The van der Waals surface area contributed by atoms with Crippen molar-refractivity contribution in [3.05, 3.63) is 41.1 Å². The number of nitrogens with zero attached hydrogens (tertiary/aromatic N) is 3. The standard InChI is InChI=1S/C20H29N5O4S/c1-12(2)14-8-9-15(13(3)4)16(10-14)21-20(27)23-30(28,29)18-11-17(25(7)22-18)19(26)24(5)6/h8-13H,1-7H3,(H2,21,23,27). The second-order valence-corrected chi connectivity index (χ2v) is 9.54. The zero-order chi connectivity index (χ0) is 22.8. The molecule has 1 heterocycles. The van der Waals surface area contributed by atoms with Crippen molar-refractivity contribution in [3.8, 4) is 0 Å². The Balaban J connectivity index is 2.27. The van der Waals surface area contributed by atoms with E-state index in [9.17, 15) is 18.0 Å². The lowest BCUT2D eigenvalue weighted by molar-refractivity contribution is 0.0817. The van der Waals surface area contributed by atoms with Crippen molar-refractivity contribution in [3.63, 3.8) is 0 Å². The summed E-state index contributed by atoms with van der Waals surface area (Å²) in [7, 11) is 0.292. The molecule has 0 bridgehead atoms. The lowest BCUT2D eigenvalue weighted by atomic mass is 9.95. The first kappa shape index (κ1) is 23.4. The van der Waals surface area contributed by atoms with Crippen LogP contribution in [0.15, 0.2) is 29.3 Å². The summed E-state index contributed by atoms with van der Waals surface area (Å²) in [5.74, 6) is -0.0174. The van der Waals surface area contributed by atoms with Gasteiger partial charge in [-0.15, -0.1) is 0 Å². The van der Waals surface area contributed by atoms with E-state index in [1.165, 1.54) is 11.9 Å². The maximum atomic E-state index is 12.6. The number of amides is 3. The highest BCUT2D eigenvalue weighted by molar-refractivity contribution is 7.90. The molecule has 10 heteroatoms. The van der Waals surface area contributed by atoms with Gasteiger partial charge in [0.2, 0.25) is 0 Å². The number of carbonyl (C=O) groups excluding carboxylic acids is 2. The highest BCUT2D eigenvalue weighted by Crippen LogP contribution is 2.28. The molecule has 0 fully saturated rings. The van der Waals surface area contributed by atoms with Gasteiger partial charge in [0, 0.05) is 32.9 Å². The highest BCUT2D eigenvalue weighted by Gasteiger charge is 2.25. The maximum Gasteiger partial charge on any atom is 0.333 e. The number of hydrogen-bond acceptors (Lipinski definition) is 5. The number of urea groups is 1. The van der Waals surface area contributed by atoms with E-state index < -0.39 is 27.0 Å². The Bertz CT molecular complexity index is 1060. The van der Waals surface area contributed by atoms with Gasteiger partial charge in [0.1, 0.15) is 5.69 Å². The number of benzene rings is 1. The first-order valence-electron chi connectivity index (χ1n) is 9.56. The second-order valence-electron chi connectivity index (χ2n) is 7.91. The zero-order valence-electron chi connectivity index (χ0n) is 18.3. The molecule has 0 radical (unpaired) electrons. The van der Waals surface area contributed by atoms with Crippen molar-refractivity contribution in [2.75, 3.05) is 19.4 Å². The van der Waals surface area contributed by atoms with Gasteiger partial charge in [0.25, 0.3) is 15.9 Å². The minimum absolute atomic E-state index is 0.0903. The zero-order valence-corrected chi connectivity index (χ0v) is 19.2. The second kappa shape index (κ2) is 8.86. The summed E-state index contributed by atoms with van der Waals surface area (Å²) < 4.78 is 28.4. The average Bonchev–Trinajstić information content (AvgIpc) is 3.02. The Morgan fingerprint density at radius 1 is 1.07 bits per heavy atom. The molecule has 2 aromatic rings. The number of sulfonamides is 1. The number of carbonyl (C=O) groups is 2. The molecule has 0 saturated carbocycles. The minimum atomic E-state index is -4.26. The smallest absolute Gasteiger partial charge is 0.333 e. The van der Waals surface area contributed by atoms with E-state index in [1.807, 2.05) is 50.6 Å². The van der Waals surface area contributed by atoms with Crippen LogP contribution in [0.4, 0.5) is 10.5 Å². The molecule has 0 aliphatic carbocycles. The lowest BCUT2D eigenvalue weighted by Gasteiger charge is -2.17. The van der Waals surface area contributed by atoms with Gasteiger partial charge in [-0.25, -0.2) is 9.52 Å². The fraction of sp³-hybridized carbons (Fsp3) is 0.450. The molecule has 0 spiro atoms. The lowest BCUT2D eigenvalue weighted by Crippen LogP contribution is -2.35. The van der Waals surface area contributed by atoms with Crippen molar-refractivity contribution < 1.29 is 18.0 Å². The summed E-state index contributed by atoms with van der Waals surface area (Å²) in [6.45, 7) is 8.04. The molecule has 164 valence electrons. The van der Waals surface area contributed by atoms with Crippen LogP contribution < -0.4 is 10.0 Å². The SMILES string of the molecule is CC(C)c1ccc(C(C)C)c(NC(=O)NS(=O)(=O)c2cc(C(=O)N(C)C)n(C)n2)c1. The van der Waals surface area contributed by atoms with E-state index >= 15 is 0 Å². The van der Waals surface area contributed by atoms with Gasteiger partial charge in [0.05, 0.1) is 0 Å². The quantitative estimate of drug-likeness (QED) is 0.724. The third-order valence-corrected chi connectivity index (χ3v) is 5.80. The molecule has 0 saturated heterocycles. The molecule has 9 nitrogen and oxygen atoms in total. The Hall–Kier alpha value is -2.88. The monoisotopic (exact) mass is 435 g/mol. The van der Waals surface area contributed by atoms with Crippen LogP contribution >= 0.6 is 0 Å². The first-order valence-corrected chi connectivity index (χ1v) is 11.0. The van der Waals surface area contributed by atoms with Crippen LogP contribution in [0.2, 0.25) is 0 Å². The summed E-state index contributed by atoms with van der Waals surface area (Å²) in [5.41, 5.74) is 2.55. The van der Waals surface area contributed by atoms with Crippen LogP contribution in [-0.4, -0.2) is 49.1 Å². The van der Waals surface area contributed by atoms with Crippen molar-refractivity contribution in [2.45, 2.75) is 44.6 Å². The molecule has 30 heavy (non-hydrogen) atoms. The summed E-state index contributed by atoms with van der Waals surface area (Å²) in [6, 6.07) is 6.01. The number of nitrogens with one attached hydrogen (secondary N) is 2. The molecule has 0 atom stereocenters. The molecular weight excluding hydrogens is 406 g/mol. The third kappa shape index (κ3) is 5.18. The summed E-state index contributed by atoms with van der Waals surface area (Å²) in [5, 5.41) is 6.09. The first-order chi connectivity index (χ1) is 13.8. The molecule has 0 aliphatic rings. The molecule has 0 aliphatic heterocycles. The van der Waals surface area contributed by atoms with Crippen molar-refractivity contribution in [1.29, 1.82) is 0 Å². The topological polar surface area (TPSA) is 113 Å². The van der Waals surface area contributed by atoms with E-state index in [2.05, 4.69) is 10.4 Å². The summed E-state index contributed by atoms with van der Waals surface area (Å²) >= 11 is 0. The van der Waals surface area contributed by atoms with Gasteiger partial charge in [-0.2, -0.15) is 13.5 Å². The van der Waals surface area contributed by atoms with Gasteiger partial charge in [-0.05, 0) is 29.0 Å². The number of aryl methyl sites for hydroxylation is 1. The van der Waals surface area contributed by atoms with Crippen LogP contribution in [-0.2, 0) is 17.1 Å². The fourth-order valence-electron chi connectivity index (χ4n) is 2.87. The molecule has 2 N–H and O–H groups in total. The average molecular weight is 436 g/mol. The Morgan fingerprint density at radius 2 is 1.70 bits per heavy atom. The number of aromatic nitrogens is 2. The fourth-order valence-corrected chi connectivity index (χ4v) is 3.76. The third-order valence-electron chi connectivity index (χ3n) is 4.60. The van der Waals surface area contributed by atoms with Crippen molar-refractivity contribution >= 4 is 27.6 Å². The van der Waals surface area contributed by atoms with E-state index in [4.69, 9.17) is 0 Å². The molecular formula is C20H29N5O4S. The van der Waals surface area contributed by atoms with Gasteiger partial charge in [-0.3, -0.25) is 9.48 Å². The van der Waals surface area contributed by atoms with Crippen LogP contribution in [0.5, 0.6) is 0 Å². The molecule has 1 aromatic heterocycles. The van der Waals surface area contributed by atoms with E-state index in [1.54, 1.807) is 14.1 Å². The van der Waals surface area contributed by atoms with Gasteiger partial charge < -0.3 is 10.2 Å². The molecule has 0 unspecified atom stereocenters. The normalized spacial score (nSPS) is 11.6. The van der Waals surface area contributed by atoms with Crippen molar-refractivity contribution in [1.82, 2.24) is 19.4 Å². The number of anilines is 1. The summed E-state index contributed by atoms with van der Waals surface area (Å²) in [6.07, 6.45) is 0. The van der Waals surface area contributed by atoms with Gasteiger partial charge >= 0.3 is 6.03 Å². The van der Waals surface area contributed by atoms with Crippen LogP contribution in [0.25, 0.3) is 0 Å². The maximum absolute atomic E-state index is 12.6. The molecule has 3 amide bonds. The number of hydrogen-bond donors (Lipinski definition) is 2. The van der Waals surface area contributed by atoms with Gasteiger partial charge in [-0.1, -0.05) is 39.8 Å². The predicted molar refractivity (Wildman–Crippen MR) is 115 cm³/mol. The molecule has 1 aromatic carbocycles. The van der Waals surface area contributed by atoms with Gasteiger partial charge in [0.15, 0.2) is 5.03 Å². The van der Waals surface area contributed by atoms with Crippen LogP contribution in [0.1, 0.15) is 61.1 Å². The van der Waals surface area contributed by atoms with E-state index in [-0.39, 0.29) is 17.5 Å². The Morgan fingerprint density at radius 3 is 2.23 bits per heavy atom. The van der Waals surface area contributed by atoms with Crippen molar-refractivity contribution in [2.24, 2.45) is 7.05 Å². The molecule has 2 rings (SSSR count). The predicted octanol–water partition coefficient (Wildman–Crippen LogP) is 2.88.